The summed E-state index contributed by atoms with van der Waals surface area (Å²) in [7, 11) is 0. The smallest absolute Gasteiger partial charge is 0.222 e. The summed E-state index contributed by atoms with van der Waals surface area (Å²) < 4.78 is 5.22. The zero-order chi connectivity index (χ0) is 11.6. The highest BCUT2D eigenvalue weighted by Crippen LogP contribution is 2.45. The van der Waals surface area contributed by atoms with Crippen LogP contribution in [0, 0.1) is 39.9 Å². The van der Waals surface area contributed by atoms with E-state index >= 15 is 0 Å². The first-order valence-corrected chi connectivity index (χ1v) is 4.43. The van der Waals surface area contributed by atoms with Crippen LogP contribution in [0.4, 0.5) is 0 Å². The molecule has 1 saturated heterocycles. The molecule has 1 heterocycles. The van der Waals surface area contributed by atoms with Crippen LogP contribution in [0.1, 0.15) is 13.8 Å². The van der Waals surface area contributed by atoms with Gasteiger partial charge in [-0.2, -0.15) is 15.8 Å². The predicted molar refractivity (Wildman–Crippen MR) is 50.5 cm³/mol. The molecule has 0 aliphatic carbocycles. The van der Waals surface area contributed by atoms with Crippen molar-refractivity contribution in [3.63, 3.8) is 0 Å². The molecule has 1 aliphatic heterocycles. The van der Waals surface area contributed by atoms with Gasteiger partial charge in [-0.25, -0.2) is 0 Å². The van der Waals surface area contributed by atoms with Gasteiger partial charge in [-0.1, -0.05) is 13.8 Å². The van der Waals surface area contributed by atoms with Crippen molar-refractivity contribution in [1.82, 2.24) is 0 Å². The highest BCUT2D eigenvalue weighted by Gasteiger charge is 2.62. The first kappa shape index (κ1) is 11.0. The maximum atomic E-state index is 8.98. The van der Waals surface area contributed by atoms with Crippen LogP contribution in [0.5, 0.6) is 0 Å². The van der Waals surface area contributed by atoms with Gasteiger partial charge in [0.1, 0.15) is 24.3 Å². The fourth-order valence-electron chi connectivity index (χ4n) is 1.47. The van der Waals surface area contributed by atoms with E-state index in [9.17, 15) is 0 Å². The van der Waals surface area contributed by atoms with Gasteiger partial charge in [-0.05, 0) is 5.92 Å². The van der Waals surface area contributed by atoms with Crippen LogP contribution in [0.25, 0.3) is 0 Å². The molecule has 0 spiro atoms. The fraction of sp³-hybridized carbons (Fsp3) is 0.500. The van der Waals surface area contributed by atoms with Crippen molar-refractivity contribution in [3.8, 4) is 18.2 Å². The minimum atomic E-state index is -1.27. The molecular weight excluding hydrogens is 192 g/mol. The average Bonchev–Trinajstić information content (AvgIpc) is 2.95. The Morgan fingerprint density at radius 3 is 2.13 bits per heavy atom. The zero-order valence-electron chi connectivity index (χ0n) is 8.48. The third kappa shape index (κ3) is 1.52. The fourth-order valence-corrected chi connectivity index (χ4v) is 1.47. The normalized spacial score (nSPS) is 27.3. The molecule has 0 saturated carbocycles. The predicted octanol–water partition coefficient (Wildman–Crippen LogP) is 0.564. The van der Waals surface area contributed by atoms with Gasteiger partial charge in [0.25, 0.3) is 0 Å². The Kier molecular flexibility index (Phi) is 2.66. The summed E-state index contributed by atoms with van der Waals surface area (Å²) in [6.45, 7) is 3.77. The van der Waals surface area contributed by atoms with Gasteiger partial charge in [0.15, 0.2) is 5.57 Å². The van der Waals surface area contributed by atoms with Crippen molar-refractivity contribution < 1.29 is 4.74 Å². The number of ether oxygens (including phenoxy) is 1. The molecule has 5 nitrogen and oxygen atoms in total. The van der Waals surface area contributed by atoms with Crippen LogP contribution >= 0.6 is 0 Å². The Hall–Kier alpha value is -2.03. The lowest BCUT2D eigenvalue weighted by Crippen LogP contribution is -2.26. The molecule has 1 aliphatic rings. The Morgan fingerprint density at radius 2 is 1.87 bits per heavy atom. The molecule has 0 radical (unpaired) electrons. The van der Waals surface area contributed by atoms with Crippen LogP contribution in [0.3, 0.4) is 0 Å². The van der Waals surface area contributed by atoms with E-state index in [0.29, 0.717) is 0 Å². The molecule has 0 unspecified atom stereocenters. The topological polar surface area (TPSA) is 110 Å². The monoisotopic (exact) mass is 202 g/mol. The van der Waals surface area contributed by atoms with Crippen LogP contribution in [0.2, 0.25) is 0 Å². The van der Waals surface area contributed by atoms with Crippen LogP contribution < -0.4 is 5.73 Å². The van der Waals surface area contributed by atoms with E-state index < -0.39 is 5.60 Å². The Labute approximate surface area is 88.0 Å². The van der Waals surface area contributed by atoms with Gasteiger partial charge >= 0.3 is 0 Å². The second kappa shape index (κ2) is 3.61. The molecule has 0 aromatic carbocycles. The molecule has 0 aromatic rings. The number of allylic oxidation sites excluding steroid dienone is 1. The molecule has 0 bridgehead atoms. The lowest BCUT2D eigenvalue weighted by molar-refractivity contribution is 0.324. The Morgan fingerprint density at radius 1 is 1.33 bits per heavy atom. The van der Waals surface area contributed by atoms with Crippen molar-refractivity contribution in [2.45, 2.75) is 25.6 Å². The number of nitrogens with zero attached hydrogens (tertiary/aromatic N) is 3. The minimum Gasteiger partial charge on any atom is -0.397 e. The highest BCUT2D eigenvalue weighted by molar-refractivity contribution is 5.49. The van der Waals surface area contributed by atoms with Gasteiger partial charge in [0, 0.05) is 0 Å². The molecule has 2 N–H and O–H groups in total. The summed E-state index contributed by atoms with van der Waals surface area (Å²) in [6.07, 6.45) is -0.334. The second-order valence-electron chi connectivity index (χ2n) is 3.64. The van der Waals surface area contributed by atoms with E-state index in [4.69, 9.17) is 26.3 Å². The second-order valence-corrected chi connectivity index (χ2v) is 3.64. The van der Waals surface area contributed by atoms with E-state index in [1.54, 1.807) is 12.1 Å². The average molecular weight is 202 g/mol. The summed E-state index contributed by atoms with van der Waals surface area (Å²) in [4.78, 5) is 0. The summed E-state index contributed by atoms with van der Waals surface area (Å²) in [5, 5.41) is 26.2. The summed E-state index contributed by atoms with van der Waals surface area (Å²) >= 11 is 0. The van der Waals surface area contributed by atoms with Gasteiger partial charge in [0.05, 0.1) is 5.70 Å². The summed E-state index contributed by atoms with van der Waals surface area (Å²) in [5.41, 5.74) is 4.01. The molecule has 2 atom stereocenters. The Bertz CT molecular complexity index is 416. The standard InChI is InChI=1S/C10H10N4O/c1-6(2)9-10(5-13,15-9)8(14)7(3-11)4-12/h6,9H,14H2,1-2H3/t9-,10+/m1/s1. The third-order valence-electron chi connectivity index (χ3n) is 2.32. The molecule has 5 heteroatoms. The van der Waals surface area contributed by atoms with E-state index in [-0.39, 0.29) is 23.3 Å². The molecule has 0 amide bonds. The first-order chi connectivity index (χ1) is 7.03. The maximum Gasteiger partial charge on any atom is 0.222 e. The van der Waals surface area contributed by atoms with Gasteiger partial charge in [-0.3, -0.25) is 0 Å². The van der Waals surface area contributed by atoms with Crippen molar-refractivity contribution in [2.24, 2.45) is 11.7 Å². The van der Waals surface area contributed by atoms with E-state index in [1.165, 1.54) is 0 Å². The van der Waals surface area contributed by atoms with E-state index in [0.717, 1.165) is 0 Å². The summed E-state index contributed by atoms with van der Waals surface area (Å²) in [5.74, 6) is 0.113. The van der Waals surface area contributed by atoms with Crippen LogP contribution in [-0.4, -0.2) is 11.7 Å². The lowest BCUT2D eigenvalue weighted by atomic mass is 9.93. The van der Waals surface area contributed by atoms with Crippen molar-refractivity contribution in [2.75, 3.05) is 0 Å². The third-order valence-corrected chi connectivity index (χ3v) is 2.32. The lowest BCUT2D eigenvalue weighted by Gasteiger charge is -2.05. The quantitative estimate of drug-likeness (QED) is 0.519. The maximum absolute atomic E-state index is 8.98. The van der Waals surface area contributed by atoms with Gasteiger partial charge < -0.3 is 10.5 Å². The largest absolute Gasteiger partial charge is 0.397 e. The molecule has 1 fully saturated rings. The molecule has 15 heavy (non-hydrogen) atoms. The summed E-state index contributed by atoms with van der Waals surface area (Å²) in [6, 6.07) is 5.23. The SMILES string of the molecule is CC(C)[C@H]1O[C@@]1(C#N)C(N)=C(C#N)C#N. The van der Waals surface area contributed by atoms with Crippen LogP contribution in [-0.2, 0) is 4.74 Å². The first-order valence-electron chi connectivity index (χ1n) is 4.43. The number of nitrogens with two attached hydrogens (primary N) is 1. The number of hydrogen-bond donors (Lipinski definition) is 1. The zero-order valence-corrected chi connectivity index (χ0v) is 8.48. The number of hydrogen-bond acceptors (Lipinski definition) is 5. The van der Waals surface area contributed by atoms with E-state index in [2.05, 4.69) is 0 Å². The van der Waals surface area contributed by atoms with Crippen molar-refractivity contribution >= 4 is 0 Å². The van der Waals surface area contributed by atoms with E-state index in [1.807, 2.05) is 19.9 Å². The molecule has 1 rings (SSSR count). The number of epoxide rings is 1. The Balaban J connectivity index is 3.12. The number of nitriles is 3. The van der Waals surface area contributed by atoms with Gasteiger partial charge in [0.2, 0.25) is 5.60 Å². The molecule has 76 valence electrons. The molecular formula is C10H10N4O. The minimum absolute atomic E-state index is 0.0753. The number of rotatable bonds is 2. The molecule has 0 aromatic heterocycles. The van der Waals surface area contributed by atoms with Crippen molar-refractivity contribution in [1.29, 1.82) is 15.8 Å². The van der Waals surface area contributed by atoms with Crippen LogP contribution in [0.15, 0.2) is 11.3 Å². The highest BCUT2D eigenvalue weighted by atomic mass is 16.6. The van der Waals surface area contributed by atoms with Crippen molar-refractivity contribution in [3.05, 3.63) is 11.3 Å². The van der Waals surface area contributed by atoms with Gasteiger partial charge in [-0.15, -0.1) is 0 Å².